The molecule has 0 radical (unpaired) electrons. The lowest BCUT2D eigenvalue weighted by atomic mass is 10.4. The Hall–Kier alpha value is -0.890. The van der Waals surface area contributed by atoms with Crippen LogP contribution < -0.4 is 5.32 Å². The van der Waals surface area contributed by atoms with Crippen molar-refractivity contribution >= 4 is 16.7 Å². The van der Waals surface area contributed by atoms with E-state index in [0.717, 1.165) is 0 Å². The minimum absolute atomic E-state index is 0.129. The molecular formula is C6H10N2O2S. The fraction of sp³-hybridized carbons (Fsp3) is 0.667. The molecule has 0 aromatic heterocycles. The van der Waals surface area contributed by atoms with Crippen molar-refractivity contribution < 1.29 is 9.00 Å². The summed E-state index contributed by atoms with van der Waals surface area (Å²) < 4.78 is 10.5. The van der Waals surface area contributed by atoms with Crippen LogP contribution in [-0.2, 0) is 15.6 Å². The van der Waals surface area contributed by atoms with Crippen LogP contribution in [0.25, 0.3) is 0 Å². The molecule has 0 heterocycles. The second-order valence-electron chi connectivity index (χ2n) is 1.96. The third-order valence-electron chi connectivity index (χ3n) is 0.951. The highest BCUT2D eigenvalue weighted by atomic mass is 32.2. The number of nitrogens with zero attached hydrogens (tertiary/aromatic N) is 1. The average molecular weight is 174 g/mol. The smallest absolute Gasteiger partial charge is 0.234 e. The molecule has 0 aliphatic rings. The van der Waals surface area contributed by atoms with E-state index in [1.54, 1.807) is 12.3 Å². The Balaban J connectivity index is 3.33. The Morgan fingerprint density at radius 2 is 2.36 bits per heavy atom. The van der Waals surface area contributed by atoms with Crippen LogP contribution in [0, 0.1) is 11.3 Å². The van der Waals surface area contributed by atoms with Crippen molar-refractivity contribution in [3.63, 3.8) is 0 Å². The Morgan fingerprint density at radius 3 is 2.82 bits per heavy atom. The van der Waals surface area contributed by atoms with Gasteiger partial charge in [-0.25, -0.2) is 0 Å². The molecule has 62 valence electrons. The van der Waals surface area contributed by atoms with Crippen LogP contribution in [0.2, 0.25) is 0 Å². The predicted molar refractivity (Wildman–Crippen MR) is 42.2 cm³/mol. The summed E-state index contributed by atoms with van der Waals surface area (Å²) in [5.41, 5.74) is 0. The van der Waals surface area contributed by atoms with Gasteiger partial charge in [-0.05, 0) is 0 Å². The molecule has 0 saturated carbocycles. The summed E-state index contributed by atoms with van der Waals surface area (Å²) in [6.07, 6.45) is 1.44. The van der Waals surface area contributed by atoms with Crippen LogP contribution in [0.4, 0.5) is 0 Å². The second kappa shape index (κ2) is 5.86. The average Bonchev–Trinajstić information content (AvgIpc) is 1.87. The Kier molecular flexibility index (Phi) is 5.39. The maximum absolute atomic E-state index is 10.6. The lowest BCUT2D eigenvalue weighted by molar-refractivity contribution is -0.119. The molecule has 0 saturated heterocycles. The van der Waals surface area contributed by atoms with Gasteiger partial charge in [-0.1, -0.05) is 0 Å². The Labute approximate surface area is 68.0 Å². The van der Waals surface area contributed by atoms with Crippen molar-refractivity contribution in [2.24, 2.45) is 0 Å². The molecule has 5 heteroatoms. The largest absolute Gasteiger partial charge is 0.354 e. The van der Waals surface area contributed by atoms with Gasteiger partial charge in [-0.3, -0.25) is 9.00 Å². The zero-order valence-corrected chi connectivity index (χ0v) is 7.11. The molecule has 4 nitrogen and oxygen atoms in total. The summed E-state index contributed by atoms with van der Waals surface area (Å²) in [5.74, 6) is 0.134. The first-order valence-electron chi connectivity index (χ1n) is 3.10. The zero-order chi connectivity index (χ0) is 8.69. The standard InChI is InChI=1S/C6H10N2O2S/c1-11(10)5-4-8-6(9)2-3-7/h2,4-5H2,1H3,(H,8,9). The van der Waals surface area contributed by atoms with Crippen LogP contribution in [0.15, 0.2) is 0 Å². The molecule has 0 rings (SSSR count). The van der Waals surface area contributed by atoms with Crippen molar-refractivity contribution in [2.75, 3.05) is 18.6 Å². The second-order valence-corrected chi connectivity index (χ2v) is 3.52. The lowest BCUT2D eigenvalue weighted by Crippen LogP contribution is -2.26. The fourth-order valence-corrected chi connectivity index (χ4v) is 0.858. The molecule has 1 amide bonds. The first kappa shape index (κ1) is 10.1. The van der Waals surface area contributed by atoms with Gasteiger partial charge in [0.2, 0.25) is 5.91 Å². The third kappa shape index (κ3) is 7.00. The van der Waals surface area contributed by atoms with E-state index in [1.807, 2.05) is 0 Å². The van der Waals surface area contributed by atoms with E-state index in [2.05, 4.69) is 5.32 Å². The normalized spacial score (nSPS) is 11.6. The summed E-state index contributed by atoms with van der Waals surface area (Å²) in [4.78, 5) is 10.6. The number of nitriles is 1. The molecule has 0 aromatic carbocycles. The Bertz CT molecular complexity index is 197. The molecule has 1 unspecified atom stereocenters. The molecule has 0 aliphatic heterocycles. The molecule has 0 aliphatic carbocycles. The fourth-order valence-electron chi connectivity index (χ4n) is 0.468. The van der Waals surface area contributed by atoms with Gasteiger partial charge in [0.25, 0.3) is 0 Å². The van der Waals surface area contributed by atoms with Gasteiger partial charge in [0.1, 0.15) is 6.42 Å². The summed E-state index contributed by atoms with van der Waals surface area (Å²) in [6.45, 7) is 0.379. The number of carbonyl (C=O) groups is 1. The van der Waals surface area contributed by atoms with Gasteiger partial charge in [0.05, 0.1) is 6.07 Å². The van der Waals surface area contributed by atoms with E-state index in [0.29, 0.717) is 12.3 Å². The van der Waals surface area contributed by atoms with E-state index in [1.165, 1.54) is 0 Å². The van der Waals surface area contributed by atoms with Gasteiger partial charge in [-0.2, -0.15) is 5.26 Å². The van der Waals surface area contributed by atoms with Gasteiger partial charge in [0, 0.05) is 29.4 Å². The summed E-state index contributed by atoms with van der Waals surface area (Å²) >= 11 is 0. The molecule has 1 atom stereocenters. The van der Waals surface area contributed by atoms with Crippen LogP contribution in [-0.4, -0.2) is 28.7 Å². The molecule has 1 N–H and O–H groups in total. The number of carbonyl (C=O) groups excluding carboxylic acids is 1. The van der Waals surface area contributed by atoms with Crippen LogP contribution in [0.1, 0.15) is 6.42 Å². The minimum atomic E-state index is -0.884. The predicted octanol–water partition coefficient (Wildman–Crippen LogP) is -0.605. The first-order chi connectivity index (χ1) is 5.16. The van der Waals surface area contributed by atoms with E-state index >= 15 is 0 Å². The first-order valence-corrected chi connectivity index (χ1v) is 4.83. The van der Waals surface area contributed by atoms with Crippen molar-refractivity contribution in [3.05, 3.63) is 0 Å². The lowest BCUT2D eigenvalue weighted by Gasteiger charge is -1.98. The van der Waals surface area contributed by atoms with Gasteiger partial charge < -0.3 is 5.32 Å². The number of hydrogen-bond acceptors (Lipinski definition) is 3. The van der Waals surface area contributed by atoms with E-state index < -0.39 is 10.8 Å². The summed E-state index contributed by atoms with van der Waals surface area (Å²) in [5, 5.41) is 10.5. The van der Waals surface area contributed by atoms with Crippen molar-refractivity contribution in [3.8, 4) is 6.07 Å². The maximum atomic E-state index is 10.6. The number of rotatable bonds is 4. The monoisotopic (exact) mass is 174 g/mol. The van der Waals surface area contributed by atoms with Gasteiger partial charge >= 0.3 is 0 Å². The van der Waals surface area contributed by atoms with Crippen LogP contribution >= 0.6 is 0 Å². The number of hydrogen-bond donors (Lipinski definition) is 1. The van der Waals surface area contributed by atoms with Gasteiger partial charge in [-0.15, -0.1) is 0 Å². The summed E-state index contributed by atoms with van der Waals surface area (Å²) in [6, 6.07) is 1.72. The molecular weight excluding hydrogens is 164 g/mol. The quantitative estimate of drug-likeness (QED) is 0.618. The minimum Gasteiger partial charge on any atom is -0.354 e. The van der Waals surface area contributed by atoms with Crippen molar-refractivity contribution in [1.82, 2.24) is 5.32 Å². The topological polar surface area (TPSA) is 70.0 Å². The molecule has 0 bridgehead atoms. The molecule has 0 spiro atoms. The molecule has 11 heavy (non-hydrogen) atoms. The zero-order valence-electron chi connectivity index (χ0n) is 6.29. The maximum Gasteiger partial charge on any atom is 0.234 e. The number of amides is 1. The highest BCUT2D eigenvalue weighted by molar-refractivity contribution is 7.84. The summed E-state index contributed by atoms with van der Waals surface area (Å²) in [7, 11) is -0.884. The van der Waals surface area contributed by atoms with Gasteiger partial charge in [0.15, 0.2) is 0 Å². The number of nitrogens with one attached hydrogen (secondary N) is 1. The van der Waals surface area contributed by atoms with Crippen LogP contribution in [0.5, 0.6) is 0 Å². The highest BCUT2D eigenvalue weighted by Crippen LogP contribution is 1.76. The van der Waals surface area contributed by atoms with E-state index in [-0.39, 0.29) is 12.3 Å². The molecule has 0 fully saturated rings. The molecule has 0 aromatic rings. The van der Waals surface area contributed by atoms with Crippen molar-refractivity contribution in [2.45, 2.75) is 6.42 Å². The van der Waals surface area contributed by atoms with E-state index in [9.17, 15) is 9.00 Å². The van der Waals surface area contributed by atoms with Crippen LogP contribution in [0.3, 0.4) is 0 Å². The highest BCUT2D eigenvalue weighted by Gasteiger charge is 1.98. The van der Waals surface area contributed by atoms with Crippen molar-refractivity contribution in [1.29, 1.82) is 5.26 Å². The SMILES string of the molecule is CS(=O)CCNC(=O)CC#N. The Morgan fingerprint density at radius 1 is 1.73 bits per heavy atom. The van der Waals surface area contributed by atoms with E-state index in [4.69, 9.17) is 5.26 Å². The third-order valence-corrected chi connectivity index (χ3v) is 1.73.